The van der Waals surface area contributed by atoms with Crippen LogP contribution in [0.1, 0.15) is 18.2 Å². The molecule has 0 aliphatic rings. The number of benzene rings is 1. The van der Waals surface area contributed by atoms with Gasteiger partial charge in [0, 0.05) is 23.7 Å². The Hall–Kier alpha value is -4.12. The van der Waals surface area contributed by atoms with Crippen molar-refractivity contribution >= 4 is 17.5 Å². The molecule has 0 saturated heterocycles. The fraction of sp³-hybridized carbons (Fsp3) is 0.143. The molecule has 2 heterocycles. The van der Waals surface area contributed by atoms with Gasteiger partial charge in [-0.3, -0.25) is 9.59 Å². The van der Waals surface area contributed by atoms with Crippen molar-refractivity contribution in [1.82, 2.24) is 4.98 Å². The average molecular weight is 390 g/mol. The van der Waals surface area contributed by atoms with Crippen molar-refractivity contribution in [2.75, 3.05) is 11.9 Å². The molecule has 146 valence electrons. The summed E-state index contributed by atoms with van der Waals surface area (Å²) in [6.07, 6.45) is 0. The summed E-state index contributed by atoms with van der Waals surface area (Å²) in [7, 11) is 0. The molecule has 3 rings (SSSR count). The first-order valence-corrected chi connectivity index (χ1v) is 8.68. The largest absolute Gasteiger partial charge is 0.467 e. The van der Waals surface area contributed by atoms with Crippen LogP contribution >= 0.6 is 0 Å². The van der Waals surface area contributed by atoms with Crippen LogP contribution in [0.2, 0.25) is 0 Å². The minimum Gasteiger partial charge on any atom is -0.467 e. The van der Waals surface area contributed by atoms with Gasteiger partial charge in [0.25, 0.3) is 5.91 Å². The molecule has 8 nitrogen and oxygen atoms in total. The first kappa shape index (κ1) is 19.6. The molecule has 0 radical (unpaired) electrons. The van der Waals surface area contributed by atoms with Crippen LogP contribution in [0.25, 0.3) is 22.6 Å². The monoisotopic (exact) mass is 390 g/mol. The number of nitrogens with two attached hydrogens (primary N) is 1. The molecule has 0 atom stereocenters. The standard InChI is InChI=1S/C21H18N4O4/c1-12-3-8-19(29-12)16-9-18(14-4-6-15(7-5-14)24-13(2)26)25-21(17(16)10-22)28-11-20(23)27/h3-9H,11H2,1-2H3,(H2,23,27)(H,24,26). The lowest BCUT2D eigenvalue weighted by Gasteiger charge is -2.12. The fourth-order valence-corrected chi connectivity index (χ4v) is 2.72. The zero-order chi connectivity index (χ0) is 21.0. The van der Waals surface area contributed by atoms with E-state index in [0.29, 0.717) is 28.5 Å². The van der Waals surface area contributed by atoms with E-state index in [1.165, 1.54) is 6.92 Å². The second-order valence-electron chi connectivity index (χ2n) is 6.27. The molecule has 0 aliphatic heterocycles. The van der Waals surface area contributed by atoms with Gasteiger partial charge in [0.15, 0.2) is 6.61 Å². The quantitative estimate of drug-likeness (QED) is 0.665. The number of amides is 2. The number of furan rings is 1. The van der Waals surface area contributed by atoms with E-state index in [9.17, 15) is 14.9 Å². The number of hydrogen-bond acceptors (Lipinski definition) is 6. The molecule has 0 unspecified atom stereocenters. The van der Waals surface area contributed by atoms with Crippen molar-refractivity contribution in [2.45, 2.75) is 13.8 Å². The van der Waals surface area contributed by atoms with E-state index >= 15 is 0 Å². The van der Waals surface area contributed by atoms with Gasteiger partial charge < -0.3 is 20.2 Å². The Balaban J connectivity index is 2.11. The van der Waals surface area contributed by atoms with Crippen LogP contribution in [0, 0.1) is 18.3 Å². The van der Waals surface area contributed by atoms with Crippen molar-refractivity contribution in [3.8, 4) is 34.5 Å². The zero-order valence-electron chi connectivity index (χ0n) is 15.9. The summed E-state index contributed by atoms with van der Waals surface area (Å²) in [4.78, 5) is 26.7. The van der Waals surface area contributed by atoms with Gasteiger partial charge >= 0.3 is 0 Å². The van der Waals surface area contributed by atoms with Gasteiger partial charge in [-0.15, -0.1) is 0 Å². The second-order valence-corrected chi connectivity index (χ2v) is 6.27. The van der Waals surface area contributed by atoms with E-state index in [0.717, 1.165) is 5.56 Å². The van der Waals surface area contributed by atoms with Crippen molar-refractivity contribution < 1.29 is 18.7 Å². The molecule has 2 amide bonds. The lowest BCUT2D eigenvalue weighted by atomic mass is 10.0. The highest BCUT2D eigenvalue weighted by molar-refractivity contribution is 5.89. The number of hydrogen-bond donors (Lipinski definition) is 2. The van der Waals surface area contributed by atoms with Gasteiger partial charge in [0.05, 0.1) is 5.69 Å². The molecular formula is C21H18N4O4. The number of nitriles is 1. The SMILES string of the molecule is CC(=O)Nc1ccc(-c2cc(-c3ccc(C)o3)c(C#N)c(OCC(N)=O)n2)cc1. The van der Waals surface area contributed by atoms with E-state index in [-0.39, 0.29) is 17.4 Å². The summed E-state index contributed by atoms with van der Waals surface area (Å²) in [5.74, 6) is 0.282. The second kappa shape index (κ2) is 8.27. The number of pyridine rings is 1. The normalized spacial score (nSPS) is 10.2. The van der Waals surface area contributed by atoms with Crippen molar-refractivity contribution in [3.05, 3.63) is 53.8 Å². The van der Waals surface area contributed by atoms with Crippen molar-refractivity contribution in [1.29, 1.82) is 5.26 Å². The number of anilines is 1. The summed E-state index contributed by atoms with van der Waals surface area (Å²) in [6.45, 7) is 2.81. The maximum atomic E-state index is 11.2. The van der Waals surface area contributed by atoms with Crippen molar-refractivity contribution in [2.24, 2.45) is 5.73 Å². The maximum Gasteiger partial charge on any atom is 0.255 e. The third-order valence-electron chi connectivity index (χ3n) is 3.96. The lowest BCUT2D eigenvalue weighted by Crippen LogP contribution is -2.21. The van der Waals surface area contributed by atoms with Crippen LogP contribution in [-0.4, -0.2) is 23.4 Å². The Morgan fingerprint density at radius 2 is 1.97 bits per heavy atom. The Bertz CT molecular complexity index is 1110. The molecule has 8 heteroatoms. The molecule has 1 aromatic carbocycles. The molecule has 3 aromatic rings. The van der Waals surface area contributed by atoms with Gasteiger partial charge in [-0.05, 0) is 37.3 Å². The highest BCUT2D eigenvalue weighted by Gasteiger charge is 2.19. The van der Waals surface area contributed by atoms with Gasteiger partial charge in [-0.1, -0.05) is 12.1 Å². The van der Waals surface area contributed by atoms with Gasteiger partial charge in [0.1, 0.15) is 23.2 Å². The number of carbonyl (C=O) groups is 2. The number of carbonyl (C=O) groups excluding carboxylic acids is 2. The third-order valence-corrected chi connectivity index (χ3v) is 3.96. The molecule has 29 heavy (non-hydrogen) atoms. The van der Waals surface area contributed by atoms with E-state index in [4.69, 9.17) is 14.9 Å². The predicted molar refractivity (Wildman–Crippen MR) is 106 cm³/mol. The molecule has 2 aromatic heterocycles. The first-order valence-electron chi connectivity index (χ1n) is 8.68. The molecular weight excluding hydrogens is 372 g/mol. The predicted octanol–water partition coefficient (Wildman–Crippen LogP) is 3.01. The maximum absolute atomic E-state index is 11.2. The molecule has 0 bridgehead atoms. The Kier molecular flexibility index (Phi) is 5.60. The third kappa shape index (κ3) is 4.59. The van der Waals surface area contributed by atoms with Gasteiger partial charge in [0.2, 0.25) is 11.8 Å². The van der Waals surface area contributed by atoms with Crippen LogP contribution in [0.4, 0.5) is 5.69 Å². The summed E-state index contributed by atoms with van der Waals surface area (Å²) in [5.41, 5.74) is 7.64. The average Bonchev–Trinajstić information content (AvgIpc) is 3.12. The Morgan fingerprint density at radius 1 is 1.24 bits per heavy atom. The topological polar surface area (TPSA) is 131 Å². The summed E-state index contributed by atoms with van der Waals surface area (Å²) < 4.78 is 11.1. The van der Waals surface area contributed by atoms with Gasteiger partial charge in [-0.25, -0.2) is 4.98 Å². The number of aryl methyl sites for hydroxylation is 1. The highest BCUT2D eigenvalue weighted by atomic mass is 16.5. The van der Waals surface area contributed by atoms with Crippen LogP contribution in [0.15, 0.2) is 46.9 Å². The van der Waals surface area contributed by atoms with E-state index in [2.05, 4.69) is 16.4 Å². The van der Waals surface area contributed by atoms with Crippen LogP contribution < -0.4 is 15.8 Å². The highest BCUT2D eigenvalue weighted by Crippen LogP contribution is 2.34. The Labute approximate surface area is 166 Å². The summed E-state index contributed by atoms with van der Waals surface area (Å²) in [5, 5.41) is 12.3. The summed E-state index contributed by atoms with van der Waals surface area (Å²) >= 11 is 0. The number of rotatable bonds is 6. The van der Waals surface area contributed by atoms with Crippen molar-refractivity contribution in [3.63, 3.8) is 0 Å². The number of aromatic nitrogens is 1. The number of ether oxygens (including phenoxy) is 1. The fourth-order valence-electron chi connectivity index (χ4n) is 2.72. The minimum atomic E-state index is -0.684. The minimum absolute atomic E-state index is 0.0150. The van der Waals surface area contributed by atoms with Crippen LogP contribution in [0.3, 0.4) is 0 Å². The number of nitrogens with zero attached hydrogens (tertiary/aromatic N) is 2. The summed E-state index contributed by atoms with van der Waals surface area (Å²) in [6, 6.07) is 14.3. The first-order chi connectivity index (χ1) is 13.9. The van der Waals surface area contributed by atoms with Gasteiger partial charge in [-0.2, -0.15) is 5.26 Å². The number of primary amides is 1. The number of nitrogens with one attached hydrogen (secondary N) is 1. The van der Waals surface area contributed by atoms with Crippen LogP contribution in [-0.2, 0) is 9.59 Å². The molecule has 0 fully saturated rings. The Morgan fingerprint density at radius 3 is 2.52 bits per heavy atom. The lowest BCUT2D eigenvalue weighted by molar-refractivity contribution is -0.120. The van der Waals surface area contributed by atoms with Crippen LogP contribution in [0.5, 0.6) is 5.88 Å². The molecule has 0 spiro atoms. The zero-order valence-corrected chi connectivity index (χ0v) is 15.9. The smallest absolute Gasteiger partial charge is 0.255 e. The van der Waals surface area contributed by atoms with E-state index in [1.54, 1.807) is 49.4 Å². The molecule has 0 aliphatic carbocycles. The molecule has 0 saturated carbocycles. The van der Waals surface area contributed by atoms with E-state index in [1.807, 2.05) is 0 Å². The van der Waals surface area contributed by atoms with E-state index < -0.39 is 12.5 Å². The molecule has 3 N–H and O–H groups in total.